The van der Waals surface area contributed by atoms with E-state index in [0.29, 0.717) is 16.8 Å². The minimum atomic E-state index is -0.431. The summed E-state index contributed by atoms with van der Waals surface area (Å²) in [5.41, 5.74) is 1.84. The lowest BCUT2D eigenvalue weighted by atomic mass is 10.0. The van der Waals surface area contributed by atoms with Gasteiger partial charge in [-0.05, 0) is 6.92 Å². The third kappa shape index (κ3) is 2.01. The molecule has 0 unspecified atom stereocenters. The highest BCUT2D eigenvalue weighted by Crippen LogP contribution is 2.22. The predicted molar refractivity (Wildman–Crippen MR) is 61.8 cm³/mol. The number of carbonyl (C=O) groups excluding carboxylic acids is 1. The van der Waals surface area contributed by atoms with E-state index >= 15 is 0 Å². The summed E-state index contributed by atoms with van der Waals surface area (Å²) in [6.45, 7) is 1.68. The number of aryl methyl sites for hydroxylation is 1. The van der Waals surface area contributed by atoms with E-state index in [4.69, 9.17) is 0 Å². The molecular formula is C11H11N3O3. The molecule has 1 aliphatic rings. The van der Waals surface area contributed by atoms with Crippen LogP contribution in [0.15, 0.2) is 23.3 Å². The highest BCUT2D eigenvalue weighted by molar-refractivity contribution is 6.13. The number of hydrogen-bond donors (Lipinski definition) is 0. The van der Waals surface area contributed by atoms with Crippen molar-refractivity contribution >= 4 is 17.3 Å². The van der Waals surface area contributed by atoms with E-state index < -0.39 is 4.92 Å². The van der Waals surface area contributed by atoms with Crippen molar-refractivity contribution in [2.75, 3.05) is 7.05 Å². The van der Waals surface area contributed by atoms with Crippen molar-refractivity contribution in [2.45, 2.75) is 13.3 Å². The monoisotopic (exact) mass is 233 g/mol. The van der Waals surface area contributed by atoms with Crippen LogP contribution in [0.25, 0.3) is 0 Å². The maximum Gasteiger partial charge on any atom is 0.272 e. The largest absolute Gasteiger partial charge is 0.273 e. The van der Waals surface area contributed by atoms with Crippen LogP contribution >= 0.6 is 0 Å². The maximum atomic E-state index is 11.3. The third-order valence-electron chi connectivity index (χ3n) is 2.69. The van der Waals surface area contributed by atoms with Crippen molar-refractivity contribution in [1.82, 2.24) is 5.01 Å². The van der Waals surface area contributed by atoms with Crippen LogP contribution in [-0.4, -0.2) is 28.6 Å². The van der Waals surface area contributed by atoms with Gasteiger partial charge in [0.05, 0.1) is 17.1 Å². The Balaban J connectivity index is 2.41. The van der Waals surface area contributed by atoms with E-state index in [-0.39, 0.29) is 18.0 Å². The molecule has 0 N–H and O–H groups in total. The van der Waals surface area contributed by atoms with E-state index in [1.54, 1.807) is 26.1 Å². The first-order valence-corrected chi connectivity index (χ1v) is 5.08. The Morgan fingerprint density at radius 1 is 1.47 bits per heavy atom. The van der Waals surface area contributed by atoms with Gasteiger partial charge in [-0.15, -0.1) is 0 Å². The van der Waals surface area contributed by atoms with Crippen LogP contribution in [0.2, 0.25) is 0 Å². The van der Waals surface area contributed by atoms with E-state index in [1.807, 2.05) is 0 Å². The number of nitro benzene ring substituents is 1. The van der Waals surface area contributed by atoms with Crippen molar-refractivity contribution in [3.05, 3.63) is 39.4 Å². The number of carbonyl (C=O) groups is 1. The topological polar surface area (TPSA) is 75.8 Å². The molecule has 0 bridgehead atoms. The van der Waals surface area contributed by atoms with Gasteiger partial charge in [-0.25, -0.2) is 5.01 Å². The van der Waals surface area contributed by atoms with Crippen molar-refractivity contribution in [3.8, 4) is 0 Å². The molecule has 0 saturated heterocycles. The Bertz CT molecular complexity index is 537. The van der Waals surface area contributed by atoms with Crippen LogP contribution in [0.5, 0.6) is 0 Å². The molecule has 0 aliphatic carbocycles. The van der Waals surface area contributed by atoms with Gasteiger partial charge in [-0.3, -0.25) is 14.9 Å². The molecule has 88 valence electrons. The average Bonchev–Trinajstić information content (AvgIpc) is 2.59. The minimum Gasteiger partial charge on any atom is -0.273 e. The molecule has 0 aromatic heterocycles. The Kier molecular flexibility index (Phi) is 2.63. The molecule has 0 radical (unpaired) electrons. The van der Waals surface area contributed by atoms with E-state index in [9.17, 15) is 14.9 Å². The van der Waals surface area contributed by atoms with E-state index in [2.05, 4.69) is 5.10 Å². The first-order chi connectivity index (χ1) is 7.99. The highest BCUT2D eigenvalue weighted by atomic mass is 16.6. The van der Waals surface area contributed by atoms with Crippen LogP contribution in [0.3, 0.4) is 0 Å². The molecule has 0 fully saturated rings. The number of benzene rings is 1. The molecular weight excluding hydrogens is 222 g/mol. The SMILES string of the molecule is Cc1ccc(C2=NN(C)C(=O)C2)cc1[N+](=O)[O-]. The maximum absolute atomic E-state index is 11.3. The standard InChI is InChI=1S/C11H11N3O3/c1-7-3-4-8(5-10(7)14(16)17)9-6-11(15)13(2)12-9/h3-5H,6H2,1-2H3. The lowest BCUT2D eigenvalue weighted by Crippen LogP contribution is -2.14. The van der Waals surface area contributed by atoms with Crippen LogP contribution in [0.1, 0.15) is 17.5 Å². The summed E-state index contributed by atoms with van der Waals surface area (Å²) in [6, 6.07) is 4.87. The molecule has 1 heterocycles. The molecule has 1 amide bonds. The average molecular weight is 233 g/mol. The summed E-state index contributed by atoms with van der Waals surface area (Å²) in [4.78, 5) is 21.7. The third-order valence-corrected chi connectivity index (χ3v) is 2.69. The molecule has 0 saturated carbocycles. The van der Waals surface area contributed by atoms with Gasteiger partial charge in [-0.2, -0.15) is 5.10 Å². The van der Waals surface area contributed by atoms with Crippen molar-refractivity contribution in [1.29, 1.82) is 0 Å². The zero-order chi connectivity index (χ0) is 12.6. The van der Waals surface area contributed by atoms with Crippen molar-refractivity contribution < 1.29 is 9.72 Å². The summed E-state index contributed by atoms with van der Waals surface area (Å²) < 4.78 is 0. The van der Waals surface area contributed by atoms with Gasteiger partial charge >= 0.3 is 0 Å². The fourth-order valence-electron chi connectivity index (χ4n) is 1.68. The number of nitro groups is 1. The molecule has 6 heteroatoms. The Hall–Kier alpha value is -2.24. The van der Waals surface area contributed by atoms with Crippen LogP contribution in [0.4, 0.5) is 5.69 Å². The quantitative estimate of drug-likeness (QED) is 0.573. The second kappa shape index (κ2) is 3.97. The zero-order valence-electron chi connectivity index (χ0n) is 9.51. The molecule has 1 aromatic rings. The molecule has 17 heavy (non-hydrogen) atoms. The number of hydrogen-bond acceptors (Lipinski definition) is 4. The number of hydrazone groups is 1. The summed E-state index contributed by atoms with van der Waals surface area (Å²) >= 11 is 0. The first kappa shape index (κ1) is 11.3. The molecule has 1 aromatic carbocycles. The molecule has 0 spiro atoms. The van der Waals surface area contributed by atoms with E-state index in [0.717, 1.165) is 0 Å². The van der Waals surface area contributed by atoms with Gasteiger partial charge in [0.25, 0.3) is 5.69 Å². The van der Waals surface area contributed by atoms with Crippen LogP contribution in [-0.2, 0) is 4.79 Å². The Morgan fingerprint density at radius 3 is 2.71 bits per heavy atom. The summed E-state index contributed by atoms with van der Waals surface area (Å²) in [7, 11) is 1.57. The second-order valence-electron chi connectivity index (χ2n) is 3.90. The first-order valence-electron chi connectivity index (χ1n) is 5.08. The number of rotatable bonds is 2. The summed E-state index contributed by atoms with van der Waals surface area (Å²) in [5.74, 6) is -0.108. The van der Waals surface area contributed by atoms with Crippen LogP contribution in [0, 0.1) is 17.0 Å². The van der Waals surface area contributed by atoms with Crippen LogP contribution < -0.4 is 0 Å². The van der Waals surface area contributed by atoms with Gasteiger partial charge in [-0.1, -0.05) is 12.1 Å². The van der Waals surface area contributed by atoms with Gasteiger partial charge in [0.15, 0.2) is 0 Å². The Labute approximate surface area is 97.7 Å². The lowest BCUT2D eigenvalue weighted by Gasteiger charge is -2.01. The zero-order valence-corrected chi connectivity index (χ0v) is 9.51. The van der Waals surface area contributed by atoms with Gasteiger partial charge in [0.2, 0.25) is 5.91 Å². The minimum absolute atomic E-state index is 0.0483. The summed E-state index contributed by atoms with van der Waals surface area (Å²) in [6.07, 6.45) is 0.191. The molecule has 0 atom stereocenters. The van der Waals surface area contributed by atoms with Crippen molar-refractivity contribution in [3.63, 3.8) is 0 Å². The van der Waals surface area contributed by atoms with Gasteiger partial charge < -0.3 is 0 Å². The lowest BCUT2D eigenvalue weighted by molar-refractivity contribution is -0.385. The van der Waals surface area contributed by atoms with Crippen molar-refractivity contribution in [2.24, 2.45) is 5.10 Å². The number of nitrogens with zero attached hydrogens (tertiary/aromatic N) is 3. The van der Waals surface area contributed by atoms with Gasteiger partial charge in [0, 0.05) is 24.2 Å². The smallest absolute Gasteiger partial charge is 0.272 e. The second-order valence-corrected chi connectivity index (χ2v) is 3.90. The highest BCUT2D eigenvalue weighted by Gasteiger charge is 2.23. The van der Waals surface area contributed by atoms with E-state index in [1.165, 1.54) is 11.1 Å². The predicted octanol–water partition coefficient (Wildman–Crippen LogP) is 1.47. The fraction of sp³-hybridized carbons (Fsp3) is 0.273. The molecule has 2 rings (SSSR count). The summed E-state index contributed by atoms with van der Waals surface area (Å²) in [5, 5.41) is 16.1. The molecule has 1 aliphatic heterocycles. The Morgan fingerprint density at radius 2 is 2.18 bits per heavy atom. The normalized spacial score (nSPS) is 15.1. The number of amides is 1. The molecule has 6 nitrogen and oxygen atoms in total. The van der Waals surface area contributed by atoms with Gasteiger partial charge in [0.1, 0.15) is 0 Å². The fourth-order valence-corrected chi connectivity index (χ4v) is 1.68.